The zero-order valence-corrected chi connectivity index (χ0v) is 12.8. The van der Waals surface area contributed by atoms with Gasteiger partial charge in [0.15, 0.2) is 0 Å². The SMILES string of the molecule is Nc1ccc(C(=O)NCc2ccc(Cc3cccc(F)c3)o2)cn1. The van der Waals surface area contributed by atoms with Crippen molar-refractivity contribution in [2.45, 2.75) is 13.0 Å². The zero-order valence-electron chi connectivity index (χ0n) is 12.8. The fourth-order valence-electron chi connectivity index (χ4n) is 2.27. The molecular weight excluding hydrogens is 309 g/mol. The number of nitrogens with zero attached hydrogens (tertiary/aromatic N) is 1. The highest BCUT2D eigenvalue weighted by atomic mass is 19.1. The van der Waals surface area contributed by atoms with Gasteiger partial charge in [0.2, 0.25) is 0 Å². The molecule has 3 rings (SSSR count). The van der Waals surface area contributed by atoms with Gasteiger partial charge in [-0.3, -0.25) is 4.79 Å². The van der Waals surface area contributed by atoms with E-state index in [4.69, 9.17) is 10.2 Å². The Kier molecular flexibility index (Phi) is 4.56. The number of hydrogen-bond acceptors (Lipinski definition) is 4. The fraction of sp³-hybridized carbons (Fsp3) is 0.111. The normalized spacial score (nSPS) is 10.5. The van der Waals surface area contributed by atoms with Crippen LogP contribution in [0.3, 0.4) is 0 Å². The van der Waals surface area contributed by atoms with E-state index in [1.165, 1.54) is 18.3 Å². The summed E-state index contributed by atoms with van der Waals surface area (Å²) in [4.78, 5) is 15.9. The summed E-state index contributed by atoms with van der Waals surface area (Å²) >= 11 is 0. The lowest BCUT2D eigenvalue weighted by atomic mass is 10.1. The molecule has 0 spiro atoms. The number of nitrogens with one attached hydrogen (secondary N) is 1. The lowest BCUT2D eigenvalue weighted by Gasteiger charge is -2.03. The van der Waals surface area contributed by atoms with Crippen molar-refractivity contribution in [2.24, 2.45) is 0 Å². The summed E-state index contributed by atoms with van der Waals surface area (Å²) in [6.45, 7) is 0.256. The predicted octanol–water partition coefficient (Wildman–Crippen LogP) is 2.92. The topological polar surface area (TPSA) is 81.2 Å². The Bertz CT molecular complexity index is 843. The molecule has 2 aromatic heterocycles. The van der Waals surface area contributed by atoms with Crippen molar-refractivity contribution >= 4 is 11.7 Å². The van der Waals surface area contributed by atoms with Crippen molar-refractivity contribution in [3.63, 3.8) is 0 Å². The van der Waals surface area contributed by atoms with Gasteiger partial charge in [0.1, 0.15) is 23.2 Å². The van der Waals surface area contributed by atoms with Gasteiger partial charge < -0.3 is 15.5 Å². The number of carbonyl (C=O) groups excluding carboxylic acids is 1. The highest BCUT2D eigenvalue weighted by Gasteiger charge is 2.08. The van der Waals surface area contributed by atoms with E-state index in [0.717, 1.165) is 5.56 Å². The van der Waals surface area contributed by atoms with E-state index in [2.05, 4.69) is 10.3 Å². The molecule has 0 aliphatic heterocycles. The van der Waals surface area contributed by atoms with Gasteiger partial charge in [-0.1, -0.05) is 12.1 Å². The summed E-state index contributed by atoms with van der Waals surface area (Å²) in [5.41, 5.74) is 6.74. The van der Waals surface area contributed by atoms with E-state index >= 15 is 0 Å². The minimum Gasteiger partial charge on any atom is -0.464 e. The van der Waals surface area contributed by atoms with Crippen LogP contribution in [0.4, 0.5) is 10.2 Å². The maximum Gasteiger partial charge on any atom is 0.253 e. The predicted molar refractivity (Wildman–Crippen MR) is 87.7 cm³/mol. The van der Waals surface area contributed by atoms with Crippen LogP contribution in [0.25, 0.3) is 0 Å². The third-order valence-corrected chi connectivity index (χ3v) is 3.46. The molecule has 24 heavy (non-hydrogen) atoms. The average molecular weight is 325 g/mol. The summed E-state index contributed by atoms with van der Waals surface area (Å²) in [5.74, 6) is 1.16. The molecule has 0 saturated carbocycles. The van der Waals surface area contributed by atoms with Crippen molar-refractivity contribution in [3.05, 3.63) is 83.2 Å². The van der Waals surface area contributed by atoms with Crippen LogP contribution in [0, 0.1) is 5.82 Å². The smallest absolute Gasteiger partial charge is 0.253 e. The van der Waals surface area contributed by atoms with Gasteiger partial charge in [-0.2, -0.15) is 0 Å². The third kappa shape index (κ3) is 3.98. The van der Waals surface area contributed by atoms with E-state index in [0.29, 0.717) is 29.3 Å². The van der Waals surface area contributed by atoms with Crippen LogP contribution in [-0.2, 0) is 13.0 Å². The van der Waals surface area contributed by atoms with Crippen molar-refractivity contribution in [3.8, 4) is 0 Å². The Morgan fingerprint density at radius 1 is 1.17 bits per heavy atom. The lowest BCUT2D eigenvalue weighted by Crippen LogP contribution is -2.22. The van der Waals surface area contributed by atoms with Crippen LogP contribution in [0.2, 0.25) is 0 Å². The maximum atomic E-state index is 13.2. The van der Waals surface area contributed by atoms with Gasteiger partial charge in [-0.25, -0.2) is 9.37 Å². The molecule has 0 radical (unpaired) electrons. The molecule has 0 atom stereocenters. The molecule has 6 heteroatoms. The van der Waals surface area contributed by atoms with Gasteiger partial charge in [0, 0.05) is 12.6 Å². The third-order valence-electron chi connectivity index (χ3n) is 3.46. The Morgan fingerprint density at radius 2 is 2.00 bits per heavy atom. The Morgan fingerprint density at radius 3 is 2.75 bits per heavy atom. The molecule has 0 bridgehead atoms. The second kappa shape index (κ2) is 6.95. The van der Waals surface area contributed by atoms with Crippen LogP contribution in [0.15, 0.2) is 59.1 Å². The van der Waals surface area contributed by atoms with Crippen LogP contribution in [-0.4, -0.2) is 10.9 Å². The van der Waals surface area contributed by atoms with Gasteiger partial charge >= 0.3 is 0 Å². The number of amides is 1. The number of nitrogens with two attached hydrogens (primary N) is 1. The maximum absolute atomic E-state index is 13.2. The summed E-state index contributed by atoms with van der Waals surface area (Å²) < 4.78 is 18.8. The highest BCUT2D eigenvalue weighted by Crippen LogP contribution is 2.14. The number of pyridine rings is 1. The average Bonchev–Trinajstić information content (AvgIpc) is 3.01. The first-order valence-corrected chi connectivity index (χ1v) is 7.42. The first-order valence-electron chi connectivity index (χ1n) is 7.42. The Labute approximate surface area is 138 Å². The molecule has 0 unspecified atom stereocenters. The molecule has 122 valence electrons. The van der Waals surface area contributed by atoms with E-state index in [9.17, 15) is 9.18 Å². The summed E-state index contributed by atoms with van der Waals surface area (Å²) in [5, 5.41) is 2.75. The molecule has 1 aromatic carbocycles. The number of anilines is 1. The number of aromatic nitrogens is 1. The molecule has 3 N–H and O–H groups in total. The number of carbonyl (C=O) groups is 1. The molecule has 3 aromatic rings. The first-order chi connectivity index (χ1) is 11.6. The Balaban J connectivity index is 1.58. The number of rotatable bonds is 5. The lowest BCUT2D eigenvalue weighted by molar-refractivity contribution is 0.0947. The molecule has 0 saturated heterocycles. The summed E-state index contributed by atoms with van der Waals surface area (Å²) in [7, 11) is 0. The summed E-state index contributed by atoms with van der Waals surface area (Å²) in [6, 6.07) is 13.1. The zero-order chi connectivity index (χ0) is 16.9. The molecule has 1 amide bonds. The van der Waals surface area contributed by atoms with Gasteiger partial charge in [0.05, 0.1) is 12.1 Å². The fourth-order valence-corrected chi connectivity index (χ4v) is 2.27. The Hall–Kier alpha value is -3.15. The number of hydrogen-bond donors (Lipinski definition) is 2. The van der Waals surface area contributed by atoms with Crippen LogP contribution >= 0.6 is 0 Å². The van der Waals surface area contributed by atoms with E-state index in [1.54, 1.807) is 24.3 Å². The van der Waals surface area contributed by atoms with Crippen LogP contribution in [0.1, 0.15) is 27.4 Å². The van der Waals surface area contributed by atoms with Gasteiger partial charge in [-0.15, -0.1) is 0 Å². The minimum absolute atomic E-state index is 0.256. The second-order valence-electron chi connectivity index (χ2n) is 5.33. The monoisotopic (exact) mass is 325 g/mol. The molecule has 0 aliphatic carbocycles. The standard InChI is InChI=1S/C18H16FN3O2/c19-14-3-1-2-12(8-14)9-15-5-6-16(24-15)11-22-18(23)13-4-7-17(20)21-10-13/h1-8,10H,9,11H2,(H2,20,21)(H,22,23). The second-order valence-corrected chi connectivity index (χ2v) is 5.33. The van der Waals surface area contributed by atoms with E-state index in [1.807, 2.05) is 12.1 Å². The number of benzene rings is 1. The van der Waals surface area contributed by atoms with E-state index in [-0.39, 0.29) is 18.3 Å². The molecule has 0 fully saturated rings. The van der Waals surface area contributed by atoms with Crippen molar-refractivity contribution in [2.75, 3.05) is 5.73 Å². The van der Waals surface area contributed by atoms with E-state index < -0.39 is 0 Å². The summed E-state index contributed by atoms with van der Waals surface area (Å²) in [6.07, 6.45) is 1.91. The number of furan rings is 1. The molecule has 5 nitrogen and oxygen atoms in total. The number of nitrogen functional groups attached to an aromatic ring is 1. The molecule has 0 aliphatic rings. The largest absolute Gasteiger partial charge is 0.464 e. The first kappa shape index (κ1) is 15.7. The highest BCUT2D eigenvalue weighted by molar-refractivity contribution is 5.93. The van der Waals surface area contributed by atoms with Crippen molar-refractivity contribution in [1.82, 2.24) is 10.3 Å². The molecular formula is C18H16FN3O2. The van der Waals surface area contributed by atoms with Crippen LogP contribution < -0.4 is 11.1 Å². The van der Waals surface area contributed by atoms with Gasteiger partial charge in [-0.05, 0) is 42.0 Å². The molecule has 2 heterocycles. The number of halogens is 1. The van der Waals surface area contributed by atoms with Crippen LogP contribution in [0.5, 0.6) is 0 Å². The van der Waals surface area contributed by atoms with Crippen molar-refractivity contribution < 1.29 is 13.6 Å². The van der Waals surface area contributed by atoms with Crippen molar-refractivity contribution in [1.29, 1.82) is 0 Å². The minimum atomic E-state index is -0.274. The van der Waals surface area contributed by atoms with Gasteiger partial charge in [0.25, 0.3) is 5.91 Å². The quantitative estimate of drug-likeness (QED) is 0.756.